The van der Waals surface area contributed by atoms with E-state index >= 15 is 0 Å². The zero-order valence-corrected chi connectivity index (χ0v) is 22.0. The molecule has 2 aromatic rings. The van der Waals surface area contributed by atoms with Crippen molar-refractivity contribution in [3.8, 4) is 0 Å². The maximum atomic E-state index is 9.83. The number of anilines is 3. The first kappa shape index (κ1) is 24.5. The number of aryl methyl sites for hydroxylation is 1. The van der Waals surface area contributed by atoms with Gasteiger partial charge >= 0.3 is 0 Å². The highest BCUT2D eigenvalue weighted by molar-refractivity contribution is 7.99. The number of likely N-dealkylation sites (N-methyl/N-ethyl adjacent to an activating group) is 1. The molecule has 0 amide bonds. The molecule has 1 unspecified atom stereocenters. The van der Waals surface area contributed by atoms with Crippen LogP contribution in [0.5, 0.6) is 0 Å². The highest BCUT2D eigenvalue weighted by Gasteiger charge is 2.27. The zero-order chi connectivity index (χ0) is 24.4. The van der Waals surface area contributed by atoms with Crippen molar-refractivity contribution in [2.45, 2.75) is 51.0 Å². The van der Waals surface area contributed by atoms with Gasteiger partial charge in [0.15, 0.2) is 0 Å². The third-order valence-electron chi connectivity index (χ3n) is 7.41. The minimum absolute atomic E-state index is 0.0175. The van der Waals surface area contributed by atoms with Gasteiger partial charge in [0.1, 0.15) is 11.6 Å². The van der Waals surface area contributed by atoms with E-state index in [2.05, 4.69) is 40.8 Å². The smallest absolute Gasteiger partial charge is 0.227 e. The Balaban J connectivity index is 1.28. The first-order valence-corrected chi connectivity index (χ1v) is 14.0. The van der Waals surface area contributed by atoms with E-state index in [1.165, 1.54) is 5.69 Å². The Labute approximate surface area is 212 Å². The predicted molar refractivity (Wildman–Crippen MR) is 142 cm³/mol. The first-order chi connectivity index (χ1) is 17.1. The Kier molecular flexibility index (Phi) is 7.59. The molecule has 0 radical (unpaired) electrons. The van der Waals surface area contributed by atoms with E-state index in [0.717, 1.165) is 105 Å². The number of piperazine rings is 1. The molecule has 2 N–H and O–H groups in total. The number of nitrogens with zero attached hydrogens (tertiary/aromatic N) is 7. The number of nitrogens with one attached hydrogen (secondary N) is 1. The zero-order valence-electron chi connectivity index (χ0n) is 21.2. The summed E-state index contributed by atoms with van der Waals surface area (Å²) in [6, 6.07) is -0.0175. The summed E-state index contributed by atoms with van der Waals surface area (Å²) in [5.74, 6) is 4.01. The molecule has 5 rings (SSSR count). The largest absolute Gasteiger partial charge is 0.394 e. The Morgan fingerprint density at radius 2 is 1.69 bits per heavy atom. The fraction of sp³-hybridized carbons (Fsp3) is 0.680. The van der Waals surface area contributed by atoms with Gasteiger partial charge in [-0.3, -0.25) is 4.98 Å². The molecule has 0 spiro atoms. The van der Waals surface area contributed by atoms with Crippen LogP contribution in [-0.2, 0) is 19.3 Å². The van der Waals surface area contributed by atoms with Gasteiger partial charge < -0.3 is 25.1 Å². The minimum Gasteiger partial charge on any atom is -0.394 e. The lowest BCUT2D eigenvalue weighted by Crippen LogP contribution is -2.47. The van der Waals surface area contributed by atoms with Crippen molar-refractivity contribution in [3.05, 3.63) is 23.3 Å². The summed E-state index contributed by atoms with van der Waals surface area (Å²) in [4.78, 5) is 28.0. The summed E-state index contributed by atoms with van der Waals surface area (Å²) in [5, 5.41) is 13.3. The maximum absolute atomic E-state index is 9.83. The molecular weight excluding hydrogens is 460 g/mol. The number of aliphatic hydroxyl groups is 1. The molecule has 5 heterocycles. The number of thioether (sulfide) groups is 1. The van der Waals surface area contributed by atoms with Crippen LogP contribution in [0, 0.1) is 5.92 Å². The molecule has 190 valence electrons. The fourth-order valence-electron chi connectivity index (χ4n) is 4.99. The van der Waals surface area contributed by atoms with Crippen LogP contribution in [-0.4, -0.2) is 94.2 Å². The van der Waals surface area contributed by atoms with E-state index < -0.39 is 0 Å². The maximum Gasteiger partial charge on any atom is 0.227 e. The number of hydrogen-bond acceptors (Lipinski definition) is 10. The van der Waals surface area contributed by atoms with Crippen molar-refractivity contribution < 1.29 is 5.11 Å². The van der Waals surface area contributed by atoms with Crippen LogP contribution in [0.2, 0.25) is 0 Å². The molecule has 2 aromatic heterocycles. The number of rotatable bonds is 7. The third kappa shape index (κ3) is 5.34. The van der Waals surface area contributed by atoms with Crippen molar-refractivity contribution >= 4 is 29.3 Å². The topological polar surface area (TPSA) is 93.5 Å². The molecule has 1 fully saturated rings. The number of hydrogen-bond donors (Lipinski definition) is 2. The number of aromatic nitrogens is 4. The average Bonchev–Trinajstić information content (AvgIpc) is 3.26. The van der Waals surface area contributed by atoms with Crippen LogP contribution in [0.4, 0.5) is 17.6 Å². The van der Waals surface area contributed by atoms with Gasteiger partial charge in [0.05, 0.1) is 40.8 Å². The van der Waals surface area contributed by atoms with Gasteiger partial charge in [-0.05, 0) is 12.5 Å². The Morgan fingerprint density at radius 1 is 0.943 bits per heavy atom. The van der Waals surface area contributed by atoms with Crippen molar-refractivity contribution in [2.24, 2.45) is 5.92 Å². The summed E-state index contributed by atoms with van der Waals surface area (Å²) in [6.45, 7) is 13.2. The van der Waals surface area contributed by atoms with E-state index in [1.54, 1.807) is 0 Å². The summed E-state index contributed by atoms with van der Waals surface area (Å²) in [7, 11) is 0. The molecule has 1 saturated heterocycles. The highest BCUT2D eigenvalue weighted by Crippen LogP contribution is 2.37. The van der Waals surface area contributed by atoms with E-state index in [9.17, 15) is 5.11 Å². The van der Waals surface area contributed by atoms with Crippen molar-refractivity contribution in [2.75, 3.05) is 73.3 Å². The molecule has 3 aliphatic rings. The van der Waals surface area contributed by atoms with Crippen LogP contribution in [0.1, 0.15) is 37.9 Å². The van der Waals surface area contributed by atoms with Crippen molar-refractivity contribution in [3.63, 3.8) is 0 Å². The second kappa shape index (κ2) is 10.8. The number of aliphatic hydroxyl groups excluding tert-OH is 1. The van der Waals surface area contributed by atoms with Crippen molar-refractivity contribution in [1.82, 2.24) is 24.8 Å². The Morgan fingerprint density at radius 3 is 2.40 bits per heavy atom. The van der Waals surface area contributed by atoms with Gasteiger partial charge in [0.2, 0.25) is 5.95 Å². The lowest BCUT2D eigenvalue weighted by Gasteiger charge is -2.35. The minimum atomic E-state index is -0.0175. The SMILES string of the molecule is CCN1CCc2ncc(N3CCN(c4nc5c(c(NC(CO)C(C)C)n4)SCC5)CC3)nc2CC1. The van der Waals surface area contributed by atoms with E-state index in [0.29, 0.717) is 5.92 Å². The van der Waals surface area contributed by atoms with Crippen LogP contribution < -0.4 is 15.1 Å². The molecule has 3 aliphatic heterocycles. The Bertz CT molecular complexity index is 1030. The van der Waals surface area contributed by atoms with Crippen LogP contribution in [0.25, 0.3) is 0 Å². The molecular formula is C25H38N8OS. The van der Waals surface area contributed by atoms with Crippen LogP contribution >= 0.6 is 11.8 Å². The molecule has 0 aliphatic carbocycles. The summed E-state index contributed by atoms with van der Waals surface area (Å²) < 4.78 is 0. The van der Waals surface area contributed by atoms with Gasteiger partial charge in [-0.15, -0.1) is 11.8 Å². The highest BCUT2D eigenvalue weighted by atomic mass is 32.2. The standard InChI is InChI=1S/C25H38N8OS/c1-4-31-8-5-18-19(6-9-31)27-22(15-26-18)32-10-12-33(13-11-32)25-29-20-7-14-35-23(20)24(30-25)28-21(16-34)17(2)3/h15,17,21,34H,4-14,16H2,1-3H3,(H,28,29,30). The first-order valence-electron chi connectivity index (χ1n) is 13.0. The predicted octanol–water partition coefficient (Wildman–Crippen LogP) is 2.09. The van der Waals surface area contributed by atoms with Crippen molar-refractivity contribution in [1.29, 1.82) is 0 Å². The molecule has 0 saturated carbocycles. The van der Waals surface area contributed by atoms with Crippen LogP contribution in [0.3, 0.4) is 0 Å². The van der Waals surface area contributed by atoms with Crippen LogP contribution in [0.15, 0.2) is 11.1 Å². The molecule has 0 aromatic carbocycles. The lowest BCUT2D eigenvalue weighted by molar-refractivity contribution is 0.249. The molecule has 0 bridgehead atoms. The van der Waals surface area contributed by atoms with E-state index in [4.69, 9.17) is 19.9 Å². The second-order valence-corrected chi connectivity index (χ2v) is 11.1. The summed E-state index contributed by atoms with van der Waals surface area (Å²) >= 11 is 1.81. The van der Waals surface area contributed by atoms with Gasteiger partial charge in [0, 0.05) is 64.3 Å². The Hall–Kier alpha value is -2.17. The fourth-order valence-corrected chi connectivity index (χ4v) is 6.04. The summed E-state index contributed by atoms with van der Waals surface area (Å²) in [6.07, 6.45) is 4.90. The normalized spacial score (nSPS) is 19.5. The van der Waals surface area contributed by atoms with E-state index in [1.807, 2.05) is 18.0 Å². The average molecular weight is 499 g/mol. The molecule has 10 heteroatoms. The number of fused-ring (bicyclic) bond motifs is 2. The second-order valence-electron chi connectivity index (χ2n) is 9.95. The monoisotopic (exact) mass is 498 g/mol. The van der Waals surface area contributed by atoms with Gasteiger partial charge in [-0.1, -0.05) is 20.8 Å². The van der Waals surface area contributed by atoms with Gasteiger partial charge in [0.25, 0.3) is 0 Å². The summed E-state index contributed by atoms with van der Waals surface area (Å²) in [5.41, 5.74) is 3.46. The van der Waals surface area contributed by atoms with E-state index in [-0.39, 0.29) is 12.6 Å². The third-order valence-corrected chi connectivity index (χ3v) is 8.54. The van der Waals surface area contributed by atoms with Gasteiger partial charge in [-0.25, -0.2) is 9.97 Å². The molecule has 9 nitrogen and oxygen atoms in total. The molecule has 35 heavy (non-hydrogen) atoms. The lowest BCUT2D eigenvalue weighted by atomic mass is 10.1. The quantitative estimate of drug-likeness (QED) is 0.591. The molecule has 1 atom stereocenters. The van der Waals surface area contributed by atoms with Gasteiger partial charge in [-0.2, -0.15) is 4.98 Å².